The van der Waals surface area contributed by atoms with E-state index in [1.165, 1.54) is 0 Å². The summed E-state index contributed by atoms with van der Waals surface area (Å²) in [6.07, 6.45) is 1.01. The van der Waals surface area contributed by atoms with Crippen molar-refractivity contribution in [1.29, 1.82) is 0 Å². The molecule has 0 radical (unpaired) electrons. The molecule has 1 aromatic rings. The summed E-state index contributed by atoms with van der Waals surface area (Å²) >= 11 is 1.74. The molecule has 90 valence electrons. The summed E-state index contributed by atoms with van der Waals surface area (Å²) in [6.45, 7) is 0.770. The Morgan fingerprint density at radius 1 is 1.62 bits per heavy atom. The predicted molar refractivity (Wildman–Crippen MR) is 63.0 cm³/mol. The maximum absolute atomic E-state index is 11.1. The molecule has 16 heavy (non-hydrogen) atoms. The van der Waals surface area contributed by atoms with E-state index in [9.17, 15) is 4.79 Å². The van der Waals surface area contributed by atoms with Crippen LogP contribution in [0.3, 0.4) is 0 Å². The summed E-state index contributed by atoms with van der Waals surface area (Å²) in [4.78, 5) is 11.1. The minimum Gasteiger partial charge on any atom is -0.455 e. The lowest BCUT2D eigenvalue weighted by molar-refractivity contribution is 0.0924. The number of furan rings is 1. The third kappa shape index (κ3) is 4.26. The zero-order valence-corrected chi connectivity index (χ0v) is 10.0. The van der Waals surface area contributed by atoms with Crippen LogP contribution >= 0.6 is 11.8 Å². The zero-order valence-electron chi connectivity index (χ0n) is 9.19. The van der Waals surface area contributed by atoms with Gasteiger partial charge in [0.2, 0.25) is 0 Å². The molecule has 0 saturated heterocycles. The van der Waals surface area contributed by atoms with E-state index in [1.807, 2.05) is 5.43 Å². The fraction of sp³-hybridized carbons (Fsp3) is 0.500. The van der Waals surface area contributed by atoms with Crippen LogP contribution in [0.4, 0.5) is 0 Å². The number of hydrogen-bond donors (Lipinski definition) is 2. The normalized spacial score (nSPS) is 10.4. The number of ether oxygens (including phenoxy) is 1. The van der Waals surface area contributed by atoms with E-state index in [2.05, 4.69) is 0 Å². The fourth-order valence-electron chi connectivity index (χ4n) is 1.13. The first kappa shape index (κ1) is 13.1. The highest BCUT2D eigenvalue weighted by atomic mass is 32.2. The van der Waals surface area contributed by atoms with Gasteiger partial charge in [0.15, 0.2) is 5.76 Å². The Morgan fingerprint density at radius 2 is 2.44 bits per heavy atom. The van der Waals surface area contributed by atoms with E-state index in [0.29, 0.717) is 0 Å². The van der Waals surface area contributed by atoms with Gasteiger partial charge in [0.1, 0.15) is 5.76 Å². The first-order chi connectivity index (χ1) is 7.77. The number of thioether (sulfide) groups is 1. The molecule has 0 aliphatic heterocycles. The van der Waals surface area contributed by atoms with Crippen LogP contribution in [0, 0.1) is 0 Å². The van der Waals surface area contributed by atoms with Crippen molar-refractivity contribution in [3.05, 3.63) is 23.7 Å². The Balaban J connectivity index is 2.27. The van der Waals surface area contributed by atoms with Crippen molar-refractivity contribution in [2.75, 3.05) is 19.5 Å². The number of amides is 1. The molecule has 5 nitrogen and oxygen atoms in total. The average molecular weight is 244 g/mol. The van der Waals surface area contributed by atoms with Gasteiger partial charge in [0.25, 0.3) is 0 Å². The SMILES string of the molecule is COCCCSCc1ccc(C(=O)NN)o1. The molecule has 0 aliphatic carbocycles. The summed E-state index contributed by atoms with van der Waals surface area (Å²) in [7, 11) is 1.69. The Morgan fingerprint density at radius 3 is 3.12 bits per heavy atom. The smallest absolute Gasteiger partial charge is 0.300 e. The van der Waals surface area contributed by atoms with Crippen molar-refractivity contribution in [2.24, 2.45) is 5.84 Å². The Labute approximate surface area is 98.7 Å². The van der Waals surface area contributed by atoms with Crippen molar-refractivity contribution in [3.8, 4) is 0 Å². The molecule has 1 aromatic heterocycles. The summed E-state index contributed by atoms with van der Waals surface area (Å²) in [5.74, 6) is 7.37. The minimum atomic E-state index is -0.407. The molecular weight excluding hydrogens is 228 g/mol. The Kier molecular flexibility index (Phi) is 5.99. The highest BCUT2D eigenvalue weighted by Crippen LogP contribution is 2.16. The largest absolute Gasteiger partial charge is 0.455 e. The quantitative estimate of drug-likeness (QED) is 0.325. The molecule has 0 aliphatic rings. The van der Waals surface area contributed by atoms with Crippen LogP contribution in [0.5, 0.6) is 0 Å². The number of rotatable bonds is 7. The standard InChI is InChI=1S/C10H16N2O3S/c1-14-5-2-6-16-7-8-3-4-9(15-8)10(13)12-11/h3-4H,2,5-7,11H2,1H3,(H,12,13). The van der Waals surface area contributed by atoms with Crippen molar-refractivity contribution in [2.45, 2.75) is 12.2 Å². The van der Waals surface area contributed by atoms with Crippen molar-refractivity contribution >= 4 is 17.7 Å². The number of nitrogen functional groups attached to an aromatic ring is 1. The number of hydrazine groups is 1. The van der Waals surface area contributed by atoms with E-state index in [1.54, 1.807) is 31.0 Å². The van der Waals surface area contributed by atoms with Gasteiger partial charge < -0.3 is 9.15 Å². The van der Waals surface area contributed by atoms with Gasteiger partial charge in [-0.1, -0.05) is 0 Å². The first-order valence-electron chi connectivity index (χ1n) is 4.94. The zero-order chi connectivity index (χ0) is 11.8. The second-order valence-electron chi connectivity index (χ2n) is 3.14. The molecule has 6 heteroatoms. The number of hydrogen-bond acceptors (Lipinski definition) is 5. The van der Waals surface area contributed by atoms with Crippen molar-refractivity contribution in [1.82, 2.24) is 5.43 Å². The summed E-state index contributed by atoms with van der Waals surface area (Å²) in [6, 6.07) is 3.40. The molecular formula is C10H16N2O3S. The van der Waals surface area contributed by atoms with Crippen molar-refractivity contribution in [3.63, 3.8) is 0 Å². The van der Waals surface area contributed by atoms with Gasteiger partial charge >= 0.3 is 5.91 Å². The third-order valence-corrected chi connectivity index (χ3v) is 2.96. The number of carbonyl (C=O) groups excluding carboxylic acids is 1. The van der Waals surface area contributed by atoms with E-state index >= 15 is 0 Å². The molecule has 1 rings (SSSR count). The lowest BCUT2D eigenvalue weighted by Gasteiger charge is -1.99. The van der Waals surface area contributed by atoms with Gasteiger partial charge in [-0.2, -0.15) is 11.8 Å². The number of carbonyl (C=O) groups is 1. The molecule has 0 bridgehead atoms. The first-order valence-corrected chi connectivity index (χ1v) is 6.09. The minimum absolute atomic E-state index is 0.245. The highest BCUT2D eigenvalue weighted by molar-refractivity contribution is 7.98. The molecule has 0 saturated carbocycles. The summed E-state index contributed by atoms with van der Waals surface area (Å²) < 4.78 is 10.2. The summed E-state index contributed by atoms with van der Waals surface area (Å²) in [5, 5.41) is 0. The van der Waals surface area contributed by atoms with Crippen LogP contribution in [0.1, 0.15) is 22.7 Å². The van der Waals surface area contributed by atoms with Crippen molar-refractivity contribution < 1.29 is 13.9 Å². The Bertz CT molecular complexity index is 328. The highest BCUT2D eigenvalue weighted by Gasteiger charge is 2.08. The summed E-state index contributed by atoms with van der Waals surface area (Å²) in [5.41, 5.74) is 2.02. The number of methoxy groups -OCH3 is 1. The van der Waals surface area contributed by atoms with Gasteiger partial charge in [-0.3, -0.25) is 10.2 Å². The third-order valence-electron chi connectivity index (χ3n) is 1.90. The molecule has 0 aromatic carbocycles. The second-order valence-corrected chi connectivity index (χ2v) is 4.24. The molecule has 0 fully saturated rings. The van der Waals surface area contributed by atoms with Crippen LogP contribution in [0.2, 0.25) is 0 Å². The fourth-order valence-corrected chi connectivity index (χ4v) is 1.95. The molecule has 0 spiro atoms. The van der Waals surface area contributed by atoms with Gasteiger partial charge in [0, 0.05) is 13.7 Å². The molecule has 1 amide bonds. The van der Waals surface area contributed by atoms with E-state index in [4.69, 9.17) is 15.0 Å². The van der Waals surface area contributed by atoms with Crippen LogP contribution in [-0.2, 0) is 10.5 Å². The van der Waals surface area contributed by atoms with E-state index < -0.39 is 5.91 Å². The number of nitrogens with one attached hydrogen (secondary N) is 1. The van der Waals surface area contributed by atoms with Crippen LogP contribution < -0.4 is 11.3 Å². The Hall–Kier alpha value is -0.980. The lowest BCUT2D eigenvalue weighted by Crippen LogP contribution is -2.29. The molecule has 3 N–H and O–H groups in total. The van der Waals surface area contributed by atoms with Gasteiger partial charge in [0.05, 0.1) is 5.75 Å². The topological polar surface area (TPSA) is 77.5 Å². The van der Waals surface area contributed by atoms with Gasteiger partial charge in [-0.15, -0.1) is 0 Å². The number of nitrogens with two attached hydrogens (primary N) is 1. The van der Waals surface area contributed by atoms with Gasteiger partial charge in [-0.05, 0) is 24.3 Å². The maximum atomic E-state index is 11.1. The maximum Gasteiger partial charge on any atom is 0.300 e. The van der Waals surface area contributed by atoms with E-state index in [0.717, 1.165) is 30.3 Å². The van der Waals surface area contributed by atoms with Gasteiger partial charge in [-0.25, -0.2) is 5.84 Å². The predicted octanol–water partition coefficient (Wildman–Crippen LogP) is 1.15. The molecule has 1 heterocycles. The monoisotopic (exact) mass is 244 g/mol. The second kappa shape index (κ2) is 7.32. The van der Waals surface area contributed by atoms with Crippen LogP contribution in [0.15, 0.2) is 16.5 Å². The van der Waals surface area contributed by atoms with Crippen LogP contribution in [-0.4, -0.2) is 25.4 Å². The van der Waals surface area contributed by atoms with E-state index in [-0.39, 0.29) is 5.76 Å². The van der Waals surface area contributed by atoms with Crippen LogP contribution in [0.25, 0.3) is 0 Å². The average Bonchev–Trinajstić information content (AvgIpc) is 2.76. The molecule has 0 unspecified atom stereocenters. The lowest BCUT2D eigenvalue weighted by atomic mass is 10.4. The molecule has 0 atom stereocenters.